The quantitative estimate of drug-likeness (QED) is 0.150. The molecule has 0 atom stereocenters. The maximum Gasteiger partial charge on any atom is 0.145 e. The highest BCUT2D eigenvalue weighted by Gasteiger charge is 2.25. The van der Waals surface area contributed by atoms with Crippen LogP contribution >= 0.6 is 0 Å². The Kier molecular flexibility index (Phi) is 8.53. The Hall–Kier alpha value is -8.20. The molecule has 12 aromatic rings. The molecule has 0 bridgehead atoms. The van der Waals surface area contributed by atoms with Crippen molar-refractivity contribution < 1.29 is 4.42 Å². The van der Waals surface area contributed by atoms with Crippen LogP contribution in [0.2, 0.25) is 0 Å². The summed E-state index contributed by atoms with van der Waals surface area (Å²) in [4.78, 5) is 2.44. The number of rotatable bonds is 7. The predicted octanol–water partition coefficient (Wildman–Crippen LogP) is 17.2. The third-order valence-electron chi connectivity index (χ3n) is 12.5. The summed E-state index contributed by atoms with van der Waals surface area (Å²) in [7, 11) is 0. The summed E-state index contributed by atoms with van der Waals surface area (Å²) >= 11 is 0. The van der Waals surface area contributed by atoms with Crippen LogP contribution in [0.3, 0.4) is 0 Å². The van der Waals surface area contributed by atoms with Crippen LogP contribution in [0.4, 0.5) is 17.1 Å². The van der Waals surface area contributed by atoms with Crippen LogP contribution < -0.4 is 4.90 Å². The summed E-state index contributed by atoms with van der Waals surface area (Å²) in [6, 6.07) is 85.4. The first kappa shape index (κ1) is 35.7. The third kappa shape index (κ3) is 6.04. The van der Waals surface area contributed by atoms with E-state index < -0.39 is 0 Å². The molecule has 2 heteroatoms. The average Bonchev–Trinajstić information content (AvgIpc) is 3.75. The summed E-state index contributed by atoms with van der Waals surface area (Å²) in [5.74, 6) is 0. The number of benzene rings is 11. The first-order chi connectivity index (χ1) is 30.7. The zero-order valence-electron chi connectivity index (χ0n) is 33.9. The second kappa shape index (κ2) is 14.8. The van der Waals surface area contributed by atoms with Crippen LogP contribution in [0.1, 0.15) is 0 Å². The maximum absolute atomic E-state index is 6.93. The molecule has 0 aliphatic carbocycles. The molecule has 290 valence electrons. The second-order valence-corrected chi connectivity index (χ2v) is 16.0. The Balaban J connectivity index is 1.09. The van der Waals surface area contributed by atoms with E-state index in [0.29, 0.717) is 0 Å². The van der Waals surface area contributed by atoms with E-state index in [-0.39, 0.29) is 0 Å². The topological polar surface area (TPSA) is 16.4 Å². The minimum atomic E-state index is 0.861. The van der Waals surface area contributed by atoms with Crippen molar-refractivity contribution in [3.8, 4) is 44.5 Å². The van der Waals surface area contributed by atoms with E-state index in [9.17, 15) is 0 Å². The van der Waals surface area contributed by atoms with Crippen LogP contribution in [0, 0.1) is 0 Å². The summed E-state index contributed by atoms with van der Waals surface area (Å²) in [6.07, 6.45) is 0. The fraction of sp³-hybridized carbons (Fsp3) is 0. The lowest BCUT2D eigenvalue weighted by atomic mass is 9.91. The molecule has 0 N–H and O–H groups in total. The van der Waals surface area contributed by atoms with Gasteiger partial charge in [0.15, 0.2) is 0 Å². The molecule has 0 unspecified atom stereocenters. The number of hydrogen-bond acceptors (Lipinski definition) is 2. The van der Waals surface area contributed by atoms with Crippen molar-refractivity contribution in [1.29, 1.82) is 0 Å². The molecule has 1 heterocycles. The van der Waals surface area contributed by atoms with Gasteiger partial charge in [0, 0.05) is 22.2 Å². The first-order valence-electron chi connectivity index (χ1n) is 21.2. The summed E-state index contributed by atoms with van der Waals surface area (Å²) in [5, 5.41) is 9.50. The molecular weight excluding hydrogens is 751 g/mol. The molecule has 0 amide bonds. The molecule has 0 fully saturated rings. The van der Waals surface area contributed by atoms with Gasteiger partial charge in [0.2, 0.25) is 0 Å². The summed E-state index contributed by atoms with van der Waals surface area (Å²) in [5.41, 5.74) is 14.2. The van der Waals surface area contributed by atoms with Gasteiger partial charge in [0.25, 0.3) is 0 Å². The van der Waals surface area contributed by atoms with Crippen molar-refractivity contribution in [2.45, 2.75) is 0 Å². The van der Waals surface area contributed by atoms with E-state index in [4.69, 9.17) is 4.42 Å². The SMILES string of the molecule is c1ccc(-c2ccc(-c3ccc(N(c4ccccc4-c4cc5ccccc5c5ccccc45)c4ccc(-c5ccc6ccccc6c5)c5oc6ccccc6c45)cc3)cc2)cc1. The van der Waals surface area contributed by atoms with Crippen molar-refractivity contribution in [1.82, 2.24) is 0 Å². The minimum absolute atomic E-state index is 0.861. The van der Waals surface area contributed by atoms with Crippen molar-refractivity contribution in [2.24, 2.45) is 0 Å². The number of fused-ring (bicyclic) bond motifs is 7. The van der Waals surface area contributed by atoms with E-state index in [0.717, 1.165) is 61.3 Å². The number of hydrogen-bond donors (Lipinski definition) is 0. The van der Waals surface area contributed by atoms with Crippen LogP contribution in [0.25, 0.3) is 98.8 Å². The molecule has 12 rings (SSSR count). The van der Waals surface area contributed by atoms with Crippen molar-refractivity contribution in [2.75, 3.05) is 4.90 Å². The third-order valence-corrected chi connectivity index (χ3v) is 12.5. The van der Waals surface area contributed by atoms with E-state index in [2.05, 4.69) is 241 Å². The fourth-order valence-corrected chi connectivity index (χ4v) is 9.45. The molecule has 0 saturated heterocycles. The van der Waals surface area contributed by atoms with Gasteiger partial charge in [-0.1, -0.05) is 188 Å². The molecule has 1 aromatic heterocycles. The van der Waals surface area contributed by atoms with Gasteiger partial charge < -0.3 is 9.32 Å². The number of para-hydroxylation sites is 2. The van der Waals surface area contributed by atoms with Gasteiger partial charge in [0.05, 0.1) is 16.8 Å². The van der Waals surface area contributed by atoms with Crippen LogP contribution in [-0.2, 0) is 0 Å². The lowest BCUT2D eigenvalue weighted by Gasteiger charge is -2.29. The Labute approximate surface area is 360 Å². The van der Waals surface area contributed by atoms with E-state index >= 15 is 0 Å². The molecule has 0 radical (unpaired) electrons. The van der Waals surface area contributed by atoms with Crippen molar-refractivity contribution in [3.05, 3.63) is 237 Å². The molecule has 0 aliphatic rings. The highest BCUT2D eigenvalue weighted by Crippen LogP contribution is 2.49. The van der Waals surface area contributed by atoms with E-state index in [1.165, 1.54) is 54.6 Å². The lowest BCUT2D eigenvalue weighted by Crippen LogP contribution is -2.12. The molecular formula is C60H39NO. The van der Waals surface area contributed by atoms with Gasteiger partial charge in [-0.2, -0.15) is 0 Å². The highest BCUT2D eigenvalue weighted by molar-refractivity contribution is 6.19. The lowest BCUT2D eigenvalue weighted by molar-refractivity contribution is 0.670. The first-order valence-corrected chi connectivity index (χ1v) is 21.2. The second-order valence-electron chi connectivity index (χ2n) is 16.0. The minimum Gasteiger partial charge on any atom is -0.455 e. The molecule has 11 aromatic carbocycles. The number of furan rings is 1. The van der Waals surface area contributed by atoms with E-state index in [1.54, 1.807) is 0 Å². The Morgan fingerprint density at radius 2 is 0.855 bits per heavy atom. The summed E-state index contributed by atoms with van der Waals surface area (Å²) in [6.45, 7) is 0. The van der Waals surface area contributed by atoms with Crippen LogP contribution in [0.5, 0.6) is 0 Å². The Morgan fingerprint density at radius 1 is 0.290 bits per heavy atom. The van der Waals surface area contributed by atoms with Gasteiger partial charge in [-0.15, -0.1) is 0 Å². The van der Waals surface area contributed by atoms with Gasteiger partial charge >= 0.3 is 0 Å². The summed E-state index contributed by atoms with van der Waals surface area (Å²) < 4.78 is 6.93. The zero-order chi connectivity index (χ0) is 41.0. The molecule has 0 saturated carbocycles. The molecule has 62 heavy (non-hydrogen) atoms. The van der Waals surface area contributed by atoms with Gasteiger partial charge in [-0.25, -0.2) is 0 Å². The highest BCUT2D eigenvalue weighted by atomic mass is 16.3. The standard InChI is InChI=1S/C60H39NO/c1-2-14-40(15-3-1)42-26-28-43(29-27-42)44-32-34-48(35-33-44)61(56-24-12-10-22-53(56)55-39-46-18-6-7-19-49(46)51-20-8-9-21-52(51)55)57-37-36-50(47-31-30-41-16-4-5-17-45(41)38-47)60-59(57)54-23-11-13-25-58(54)62-60/h1-39H. The monoisotopic (exact) mass is 789 g/mol. The van der Waals surface area contributed by atoms with Gasteiger partial charge in [-0.3, -0.25) is 0 Å². The Morgan fingerprint density at radius 3 is 1.63 bits per heavy atom. The Bertz CT molecular complexity index is 3620. The van der Waals surface area contributed by atoms with Crippen LogP contribution in [-0.4, -0.2) is 0 Å². The zero-order valence-corrected chi connectivity index (χ0v) is 33.9. The maximum atomic E-state index is 6.93. The predicted molar refractivity (Wildman–Crippen MR) is 263 cm³/mol. The van der Waals surface area contributed by atoms with E-state index in [1.807, 2.05) is 0 Å². The largest absolute Gasteiger partial charge is 0.455 e. The number of anilines is 3. The molecule has 2 nitrogen and oxygen atoms in total. The number of nitrogens with zero attached hydrogens (tertiary/aromatic N) is 1. The van der Waals surface area contributed by atoms with Gasteiger partial charge in [-0.05, 0) is 114 Å². The fourth-order valence-electron chi connectivity index (χ4n) is 9.45. The van der Waals surface area contributed by atoms with Crippen molar-refractivity contribution >= 4 is 71.3 Å². The molecule has 0 aliphatic heterocycles. The van der Waals surface area contributed by atoms with Crippen molar-refractivity contribution in [3.63, 3.8) is 0 Å². The molecule has 0 spiro atoms. The van der Waals surface area contributed by atoms with Gasteiger partial charge in [0.1, 0.15) is 11.2 Å². The normalized spacial score (nSPS) is 11.5. The average molecular weight is 790 g/mol. The smallest absolute Gasteiger partial charge is 0.145 e. The van der Waals surface area contributed by atoms with Crippen LogP contribution in [0.15, 0.2) is 241 Å².